The smallest absolute Gasteiger partial charge is 0.253 e. The van der Waals surface area contributed by atoms with Gasteiger partial charge in [0.25, 0.3) is 5.91 Å². The van der Waals surface area contributed by atoms with Crippen molar-refractivity contribution in [3.63, 3.8) is 0 Å². The van der Waals surface area contributed by atoms with Gasteiger partial charge in [-0.3, -0.25) is 9.59 Å². The second-order valence-electron chi connectivity index (χ2n) is 9.24. The Bertz CT molecular complexity index is 1140. The van der Waals surface area contributed by atoms with Crippen LogP contribution in [0.25, 0.3) is 16.9 Å². The third kappa shape index (κ3) is 4.61. The average molecular weight is 458 g/mol. The molecule has 0 radical (unpaired) electrons. The zero-order valence-corrected chi connectivity index (χ0v) is 19.6. The van der Waals surface area contributed by atoms with Crippen LogP contribution in [0.3, 0.4) is 0 Å². The van der Waals surface area contributed by atoms with Crippen molar-refractivity contribution < 1.29 is 9.59 Å². The van der Waals surface area contributed by atoms with Crippen molar-refractivity contribution in [2.24, 2.45) is 5.92 Å². The van der Waals surface area contributed by atoms with E-state index < -0.39 is 0 Å². The third-order valence-electron chi connectivity index (χ3n) is 7.00. The first-order valence-electron chi connectivity index (χ1n) is 12.1. The molecule has 2 aliphatic heterocycles. The molecule has 0 N–H and O–H groups in total. The fourth-order valence-corrected chi connectivity index (χ4v) is 4.90. The molecule has 0 bridgehead atoms. The zero-order chi connectivity index (χ0) is 23.5. The molecule has 0 aliphatic carbocycles. The lowest BCUT2D eigenvalue weighted by Crippen LogP contribution is -2.51. The summed E-state index contributed by atoms with van der Waals surface area (Å²) in [6.45, 7) is 4.71. The van der Waals surface area contributed by atoms with Crippen LogP contribution >= 0.6 is 0 Å². The first-order chi connectivity index (χ1) is 16.6. The minimum absolute atomic E-state index is 0.0146. The van der Waals surface area contributed by atoms with E-state index in [1.165, 1.54) is 0 Å². The molecule has 5 rings (SSSR count). The highest BCUT2D eigenvalue weighted by molar-refractivity contribution is 5.95. The van der Waals surface area contributed by atoms with Gasteiger partial charge in [0.2, 0.25) is 5.91 Å². The van der Waals surface area contributed by atoms with E-state index in [9.17, 15) is 9.59 Å². The highest BCUT2D eigenvalue weighted by Gasteiger charge is 2.31. The number of hydrogen-bond acceptors (Lipinski definition) is 4. The van der Waals surface area contributed by atoms with Crippen molar-refractivity contribution in [2.75, 3.05) is 46.3 Å². The Morgan fingerprint density at radius 2 is 1.56 bits per heavy atom. The number of rotatable bonds is 4. The van der Waals surface area contributed by atoms with Crippen LogP contribution in [0, 0.1) is 5.92 Å². The monoisotopic (exact) mass is 457 g/mol. The molecule has 7 nitrogen and oxygen atoms in total. The molecular weight excluding hydrogens is 426 g/mol. The SMILES string of the molecule is CN1CCN(C(=O)C2CCN(C(=O)c3cccc(-n4nccc4-c4ccccc4)c3)CC2)CC1. The van der Waals surface area contributed by atoms with Crippen LogP contribution in [-0.2, 0) is 4.79 Å². The van der Waals surface area contributed by atoms with Gasteiger partial charge in [-0.1, -0.05) is 36.4 Å². The predicted octanol–water partition coefficient (Wildman–Crippen LogP) is 3.17. The van der Waals surface area contributed by atoms with Gasteiger partial charge in [-0.2, -0.15) is 5.10 Å². The maximum Gasteiger partial charge on any atom is 0.253 e. The summed E-state index contributed by atoms with van der Waals surface area (Å²) in [5.41, 5.74) is 3.56. The lowest BCUT2D eigenvalue weighted by Gasteiger charge is -2.37. The Labute approximate surface area is 200 Å². The maximum absolute atomic E-state index is 13.3. The van der Waals surface area contributed by atoms with Crippen LogP contribution in [0.1, 0.15) is 23.2 Å². The van der Waals surface area contributed by atoms with E-state index in [4.69, 9.17) is 0 Å². The van der Waals surface area contributed by atoms with Gasteiger partial charge in [0.15, 0.2) is 0 Å². The Hall–Kier alpha value is -3.45. The van der Waals surface area contributed by atoms with Crippen LogP contribution < -0.4 is 0 Å². The Morgan fingerprint density at radius 1 is 0.824 bits per heavy atom. The number of likely N-dealkylation sites (tertiary alicyclic amines) is 1. The summed E-state index contributed by atoms with van der Waals surface area (Å²) >= 11 is 0. The van der Waals surface area contributed by atoms with Crippen molar-refractivity contribution in [2.45, 2.75) is 12.8 Å². The van der Waals surface area contributed by atoms with Crippen molar-refractivity contribution in [1.82, 2.24) is 24.5 Å². The van der Waals surface area contributed by atoms with Crippen LogP contribution in [0.4, 0.5) is 0 Å². The molecule has 2 aromatic carbocycles. The second kappa shape index (κ2) is 9.81. The fraction of sp³-hybridized carbons (Fsp3) is 0.370. The largest absolute Gasteiger partial charge is 0.340 e. The van der Waals surface area contributed by atoms with Gasteiger partial charge in [-0.15, -0.1) is 0 Å². The van der Waals surface area contributed by atoms with Crippen molar-refractivity contribution in [1.29, 1.82) is 0 Å². The minimum atomic E-state index is 0.0146. The molecule has 34 heavy (non-hydrogen) atoms. The zero-order valence-electron chi connectivity index (χ0n) is 19.6. The fourth-order valence-electron chi connectivity index (χ4n) is 4.90. The van der Waals surface area contributed by atoms with Crippen LogP contribution in [-0.4, -0.2) is 82.6 Å². The molecular formula is C27H31N5O2. The van der Waals surface area contributed by atoms with Gasteiger partial charge in [-0.25, -0.2) is 4.68 Å². The standard InChI is InChI=1S/C27H31N5O2/c1-29-16-18-31(19-17-29)26(33)22-11-14-30(15-12-22)27(34)23-8-5-9-24(20-23)32-25(10-13-28-32)21-6-3-2-4-7-21/h2-10,13,20,22H,11-12,14-19H2,1H3. The first kappa shape index (κ1) is 22.3. The van der Waals surface area contributed by atoms with Crippen molar-refractivity contribution >= 4 is 11.8 Å². The number of benzene rings is 2. The summed E-state index contributed by atoms with van der Waals surface area (Å²) in [6, 6.07) is 19.7. The normalized spacial score (nSPS) is 17.7. The van der Waals surface area contributed by atoms with Crippen molar-refractivity contribution in [3.8, 4) is 16.9 Å². The Kier molecular flexibility index (Phi) is 6.45. The first-order valence-corrected chi connectivity index (χ1v) is 12.1. The number of carbonyl (C=O) groups is 2. The number of aromatic nitrogens is 2. The van der Waals surface area contributed by atoms with Gasteiger partial charge < -0.3 is 14.7 Å². The topological polar surface area (TPSA) is 61.7 Å². The maximum atomic E-state index is 13.3. The Morgan fingerprint density at radius 3 is 2.29 bits per heavy atom. The quantitative estimate of drug-likeness (QED) is 0.604. The number of piperazine rings is 1. The predicted molar refractivity (Wildman–Crippen MR) is 132 cm³/mol. The van der Waals surface area contributed by atoms with Crippen LogP contribution in [0.5, 0.6) is 0 Å². The molecule has 0 saturated carbocycles. The van der Waals surface area contributed by atoms with Gasteiger partial charge in [-0.05, 0) is 44.2 Å². The highest BCUT2D eigenvalue weighted by Crippen LogP contribution is 2.25. The number of piperidine rings is 1. The number of carbonyl (C=O) groups excluding carboxylic acids is 2. The van der Waals surface area contributed by atoms with Gasteiger partial charge in [0.1, 0.15) is 0 Å². The van der Waals surface area contributed by atoms with Crippen LogP contribution in [0.15, 0.2) is 66.9 Å². The minimum Gasteiger partial charge on any atom is -0.340 e. The van der Waals surface area contributed by atoms with E-state index in [0.29, 0.717) is 18.7 Å². The molecule has 1 aromatic heterocycles. The highest BCUT2D eigenvalue weighted by atomic mass is 16.2. The van der Waals surface area contributed by atoms with Crippen LogP contribution in [0.2, 0.25) is 0 Å². The summed E-state index contributed by atoms with van der Waals surface area (Å²) in [7, 11) is 2.09. The average Bonchev–Trinajstić information content (AvgIpc) is 3.39. The molecule has 176 valence electrons. The molecule has 0 atom stereocenters. The number of amides is 2. The third-order valence-corrected chi connectivity index (χ3v) is 7.00. The van der Waals surface area contributed by atoms with Gasteiger partial charge in [0.05, 0.1) is 17.6 Å². The summed E-state index contributed by atoms with van der Waals surface area (Å²) in [4.78, 5) is 32.3. The molecule has 2 saturated heterocycles. The van der Waals surface area contributed by atoms with E-state index in [2.05, 4.69) is 29.2 Å². The molecule has 7 heteroatoms. The molecule has 3 heterocycles. The summed E-state index contributed by atoms with van der Waals surface area (Å²) in [6.07, 6.45) is 3.24. The second-order valence-corrected chi connectivity index (χ2v) is 9.24. The van der Waals surface area contributed by atoms with E-state index >= 15 is 0 Å². The number of hydrogen-bond donors (Lipinski definition) is 0. The Balaban J connectivity index is 1.25. The number of nitrogens with zero attached hydrogens (tertiary/aromatic N) is 5. The lowest BCUT2D eigenvalue weighted by atomic mass is 9.94. The summed E-state index contributed by atoms with van der Waals surface area (Å²) in [5, 5.41) is 4.50. The van der Waals surface area contributed by atoms with E-state index in [0.717, 1.165) is 56.0 Å². The van der Waals surface area contributed by atoms with E-state index in [-0.39, 0.29) is 17.7 Å². The summed E-state index contributed by atoms with van der Waals surface area (Å²) < 4.78 is 1.87. The van der Waals surface area contributed by atoms with E-state index in [1.807, 2.05) is 63.0 Å². The van der Waals surface area contributed by atoms with E-state index in [1.54, 1.807) is 6.20 Å². The number of likely N-dealkylation sites (N-methyl/N-ethyl adjacent to an activating group) is 1. The molecule has 2 aliphatic rings. The molecule has 2 fully saturated rings. The molecule has 3 aromatic rings. The van der Waals surface area contributed by atoms with Gasteiger partial charge in [0, 0.05) is 56.3 Å². The molecule has 0 unspecified atom stereocenters. The molecule has 0 spiro atoms. The lowest BCUT2D eigenvalue weighted by molar-refractivity contribution is -0.138. The van der Waals surface area contributed by atoms with Gasteiger partial charge >= 0.3 is 0 Å². The van der Waals surface area contributed by atoms with Crippen molar-refractivity contribution in [3.05, 3.63) is 72.4 Å². The summed E-state index contributed by atoms with van der Waals surface area (Å²) in [5.74, 6) is 0.298. The molecule has 2 amide bonds.